The lowest BCUT2D eigenvalue weighted by Crippen LogP contribution is -2.37. The summed E-state index contributed by atoms with van der Waals surface area (Å²) in [4.78, 5) is 13.3. The molecule has 2 atom stereocenters. The molecular formula is C17H24BrNO2. The van der Waals surface area contributed by atoms with E-state index in [4.69, 9.17) is 5.11 Å². The largest absolute Gasteiger partial charge is 0.481 e. The van der Waals surface area contributed by atoms with Gasteiger partial charge in [0.2, 0.25) is 0 Å². The van der Waals surface area contributed by atoms with E-state index in [1.807, 2.05) is 0 Å². The lowest BCUT2D eigenvalue weighted by atomic mass is 9.84. The summed E-state index contributed by atoms with van der Waals surface area (Å²) >= 11 is 3.65. The summed E-state index contributed by atoms with van der Waals surface area (Å²) in [7, 11) is 0. The Morgan fingerprint density at radius 2 is 2.29 bits per heavy atom. The van der Waals surface area contributed by atoms with Gasteiger partial charge >= 0.3 is 5.97 Å². The average Bonchev–Trinajstić information content (AvgIpc) is 2.41. The number of aliphatic carboxylic acids is 1. The van der Waals surface area contributed by atoms with Crippen LogP contribution in [0, 0.1) is 18.8 Å². The lowest BCUT2D eigenvalue weighted by Gasteiger charge is -2.35. The molecule has 1 saturated heterocycles. The molecule has 116 valence electrons. The number of hydrogen-bond donors (Lipinski definition) is 1. The first kappa shape index (κ1) is 16.5. The van der Waals surface area contributed by atoms with Gasteiger partial charge in [0.05, 0.1) is 0 Å². The van der Waals surface area contributed by atoms with Crippen LogP contribution < -0.4 is 0 Å². The van der Waals surface area contributed by atoms with Crippen molar-refractivity contribution in [1.82, 2.24) is 4.90 Å². The van der Waals surface area contributed by atoms with Crippen LogP contribution in [0.15, 0.2) is 22.7 Å². The summed E-state index contributed by atoms with van der Waals surface area (Å²) in [6, 6.07) is 6.49. The number of carboxylic acids is 1. The summed E-state index contributed by atoms with van der Waals surface area (Å²) in [5.41, 5.74) is 2.57. The number of likely N-dealkylation sites (tertiary alicyclic amines) is 1. The predicted molar refractivity (Wildman–Crippen MR) is 88.3 cm³/mol. The molecule has 0 radical (unpaired) electrons. The Balaban J connectivity index is 1.96. The molecule has 0 amide bonds. The molecule has 1 aromatic carbocycles. The molecule has 0 saturated carbocycles. The van der Waals surface area contributed by atoms with E-state index >= 15 is 0 Å². The molecule has 4 heteroatoms. The summed E-state index contributed by atoms with van der Waals surface area (Å²) in [6.07, 6.45) is 2.60. The second kappa shape index (κ2) is 7.41. The SMILES string of the molecule is Cc1ccc(CN2CCCC(C(C)CC(=O)O)C2)c(Br)c1. The third kappa shape index (κ3) is 4.82. The summed E-state index contributed by atoms with van der Waals surface area (Å²) in [5.74, 6) is 0.0757. The van der Waals surface area contributed by atoms with Crippen LogP contribution >= 0.6 is 15.9 Å². The van der Waals surface area contributed by atoms with E-state index in [9.17, 15) is 4.79 Å². The molecule has 0 aliphatic carbocycles. The fourth-order valence-electron chi connectivity index (χ4n) is 3.16. The molecule has 2 rings (SSSR count). The quantitative estimate of drug-likeness (QED) is 0.866. The van der Waals surface area contributed by atoms with Crippen LogP contribution in [0.3, 0.4) is 0 Å². The number of aryl methyl sites for hydroxylation is 1. The molecule has 0 bridgehead atoms. The van der Waals surface area contributed by atoms with Crippen molar-refractivity contribution in [3.05, 3.63) is 33.8 Å². The van der Waals surface area contributed by atoms with E-state index < -0.39 is 5.97 Å². The highest BCUT2D eigenvalue weighted by molar-refractivity contribution is 9.10. The van der Waals surface area contributed by atoms with Gasteiger partial charge < -0.3 is 5.11 Å². The minimum atomic E-state index is -0.680. The lowest BCUT2D eigenvalue weighted by molar-refractivity contribution is -0.138. The van der Waals surface area contributed by atoms with E-state index in [0.29, 0.717) is 5.92 Å². The third-order valence-electron chi connectivity index (χ3n) is 4.45. The monoisotopic (exact) mass is 353 g/mol. The number of halogens is 1. The third-order valence-corrected chi connectivity index (χ3v) is 5.18. The highest BCUT2D eigenvalue weighted by atomic mass is 79.9. The van der Waals surface area contributed by atoms with Gasteiger partial charge in [-0.1, -0.05) is 35.0 Å². The van der Waals surface area contributed by atoms with E-state index in [-0.39, 0.29) is 12.3 Å². The Morgan fingerprint density at radius 3 is 2.95 bits per heavy atom. The topological polar surface area (TPSA) is 40.5 Å². The van der Waals surface area contributed by atoms with Crippen molar-refractivity contribution in [2.45, 2.75) is 39.7 Å². The van der Waals surface area contributed by atoms with Crippen molar-refractivity contribution in [3.8, 4) is 0 Å². The second-order valence-corrected chi connectivity index (χ2v) is 7.16. The van der Waals surface area contributed by atoms with E-state index in [0.717, 1.165) is 32.5 Å². The Kier molecular flexibility index (Phi) is 5.82. The molecule has 1 aliphatic rings. The second-order valence-electron chi connectivity index (χ2n) is 6.31. The molecule has 3 nitrogen and oxygen atoms in total. The normalized spacial score (nSPS) is 21.2. The van der Waals surface area contributed by atoms with Crippen LogP contribution in [0.25, 0.3) is 0 Å². The maximum Gasteiger partial charge on any atom is 0.303 e. The molecule has 0 aromatic heterocycles. The van der Waals surface area contributed by atoms with Gasteiger partial charge in [0.15, 0.2) is 0 Å². The van der Waals surface area contributed by atoms with Crippen molar-refractivity contribution in [2.24, 2.45) is 11.8 Å². The number of nitrogens with zero attached hydrogens (tertiary/aromatic N) is 1. The van der Waals surface area contributed by atoms with Crippen LogP contribution in [0.4, 0.5) is 0 Å². The highest BCUT2D eigenvalue weighted by Crippen LogP contribution is 2.28. The van der Waals surface area contributed by atoms with Crippen molar-refractivity contribution < 1.29 is 9.90 Å². The minimum absolute atomic E-state index is 0.256. The van der Waals surface area contributed by atoms with Crippen molar-refractivity contribution in [3.63, 3.8) is 0 Å². The summed E-state index contributed by atoms with van der Waals surface area (Å²) < 4.78 is 1.17. The van der Waals surface area contributed by atoms with Crippen LogP contribution in [0.5, 0.6) is 0 Å². The first-order valence-electron chi connectivity index (χ1n) is 7.65. The Hall–Kier alpha value is -0.870. The van der Waals surface area contributed by atoms with E-state index in [1.165, 1.54) is 15.6 Å². The van der Waals surface area contributed by atoms with Crippen molar-refractivity contribution in [1.29, 1.82) is 0 Å². The summed E-state index contributed by atoms with van der Waals surface area (Å²) in [6.45, 7) is 7.23. The van der Waals surface area contributed by atoms with Crippen LogP contribution in [0.1, 0.15) is 37.3 Å². The van der Waals surface area contributed by atoms with Crippen molar-refractivity contribution >= 4 is 21.9 Å². The van der Waals surface area contributed by atoms with Gasteiger partial charge in [-0.25, -0.2) is 0 Å². The fraction of sp³-hybridized carbons (Fsp3) is 0.588. The Bertz CT molecular complexity index is 504. The average molecular weight is 354 g/mol. The Morgan fingerprint density at radius 1 is 1.52 bits per heavy atom. The van der Waals surface area contributed by atoms with Gasteiger partial charge in [-0.05, 0) is 55.3 Å². The van der Waals surface area contributed by atoms with Gasteiger partial charge in [0.1, 0.15) is 0 Å². The molecule has 21 heavy (non-hydrogen) atoms. The van der Waals surface area contributed by atoms with Gasteiger partial charge in [-0.3, -0.25) is 9.69 Å². The van der Waals surface area contributed by atoms with Gasteiger partial charge in [0.25, 0.3) is 0 Å². The Labute approximate surface area is 135 Å². The van der Waals surface area contributed by atoms with Gasteiger partial charge in [-0.2, -0.15) is 0 Å². The van der Waals surface area contributed by atoms with E-state index in [1.54, 1.807) is 0 Å². The summed E-state index contributed by atoms with van der Waals surface area (Å²) in [5, 5.41) is 8.96. The van der Waals surface area contributed by atoms with Crippen LogP contribution in [0.2, 0.25) is 0 Å². The first-order chi connectivity index (χ1) is 9.95. The van der Waals surface area contributed by atoms with Gasteiger partial charge in [0, 0.05) is 24.0 Å². The first-order valence-corrected chi connectivity index (χ1v) is 8.44. The molecule has 1 aromatic rings. The zero-order valence-corrected chi connectivity index (χ0v) is 14.4. The smallest absolute Gasteiger partial charge is 0.303 e. The number of rotatable bonds is 5. The maximum absolute atomic E-state index is 10.9. The number of hydrogen-bond acceptors (Lipinski definition) is 2. The number of benzene rings is 1. The zero-order chi connectivity index (χ0) is 15.4. The predicted octanol–water partition coefficient (Wildman–Crippen LogP) is 4.08. The molecule has 1 aliphatic heterocycles. The van der Waals surface area contributed by atoms with Crippen molar-refractivity contribution in [2.75, 3.05) is 13.1 Å². The standard InChI is InChI=1S/C17H24BrNO2/c1-12-5-6-15(16(18)8-12)11-19-7-3-4-14(10-19)13(2)9-17(20)21/h5-6,8,13-14H,3-4,7,9-11H2,1-2H3,(H,20,21). The van der Waals surface area contributed by atoms with E-state index in [2.05, 4.69) is 52.9 Å². The maximum atomic E-state index is 10.9. The number of carbonyl (C=O) groups is 1. The minimum Gasteiger partial charge on any atom is -0.481 e. The van der Waals surface area contributed by atoms with Crippen LogP contribution in [-0.4, -0.2) is 29.1 Å². The molecule has 2 unspecified atom stereocenters. The highest BCUT2D eigenvalue weighted by Gasteiger charge is 2.26. The molecule has 1 heterocycles. The number of piperidine rings is 1. The molecule has 1 fully saturated rings. The van der Waals surface area contributed by atoms with Crippen LogP contribution in [-0.2, 0) is 11.3 Å². The molecule has 1 N–H and O–H groups in total. The fourth-order valence-corrected chi connectivity index (χ4v) is 3.78. The number of carboxylic acid groups (broad SMARTS) is 1. The zero-order valence-electron chi connectivity index (χ0n) is 12.8. The molecule has 0 spiro atoms. The van der Waals surface area contributed by atoms with Gasteiger partial charge in [-0.15, -0.1) is 0 Å². The molecular weight excluding hydrogens is 330 g/mol.